The Morgan fingerprint density at radius 2 is 0.957 bits per heavy atom. The second kappa shape index (κ2) is 11.3. The highest BCUT2D eigenvalue weighted by Crippen LogP contribution is 2.44. The second-order valence-electron chi connectivity index (χ2n) is 11.0. The number of benzene rings is 8. The molecule has 0 N–H and O–H groups in total. The molecule has 0 fully saturated rings. The van der Waals surface area contributed by atoms with E-state index in [-0.39, 0.29) is 68.4 Å². The third kappa shape index (κ3) is 4.62. The molecule has 0 aliphatic carbocycles. The van der Waals surface area contributed by atoms with Crippen molar-refractivity contribution in [3.8, 4) is 50.5 Å². The number of hydrogen-bond acceptors (Lipinski definition) is 1. The van der Waals surface area contributed by atoms with Gasteiger partial charge >= 0.3 is 0 Å². The van der Waals surface area contributed by atoms with Crippen LogP contribution in [0.3, 0.4) is 0 Å². The zero-order valence-electron chi connectivity index (χ0n) is 37.7. The van der Waals surface area contributed by atoms with Gasteiger partial charge in [-0.1, -0.05) is 151 Å². The molecule has 2 nitrogen and oxygen atoms in total. The minimum Gasteiger partial charge on any atom is -0.292 e. The molecule has 0 saturated carbocycles. The van der Waals surface area contributed by atoms with Crippen LogP contribution in [-0.4, -0.2) is 9.55 Å². The van der Waals surface area contributed by atoms with Crippen molar-refractivity contribution in [2.45, 2.75) is 0 Å². The van der Waals surface area contributed by atoms with Gasteiger partial charge in [-0.3, -0.25) is 4.57 Å². The third-order valence-corrected chi connectivity index (χ3v) is 8.34. The van der Waals surface area contributed by atoms with Crippen LogP contribution in [0.25, 0.3) is 83.0 Å². The van der Waals surface area contributed by atoms with E-state index in [0.717, 1.165) is 11.1 Å². The average molecular weight is 612 g/mol. The Bertz CT molecular complexity index is 3180. The molecule has 0 atom stereocenters. The summed E-state index contributed by atoms with van der Waals surface area (Å²) >= 11 is 0. The number of fused-ring (bicyclic) bond motifs is 3. The van der Waals surface area contributed by atoms with Gasteiger partial charge in [0.1, 0.15) is 5.82 Å². The summed E-state index contributed by atoms with van der Waals surface area (Å²) in [6, 6.07) is 24.6. The van der Waals surface area contributed by atoms with Gasteiger partial charge in [-0.05, 0) is 85.2 Å². The van der Waals surface area contributed by atoms with Crippen molar-refractivity contribution in [1.82, 2.24) is 9.55 Å². The van der Waals surface area contributed by atoms with Crippen LogP contribution >= 0.6 is 0 Å². The summed E-state index contributed by atoms with van der Waals surface area (Å²) in [5.74, 6) is 0.258. The molecule has 9 aromatic rings. The standard InChI is InChI=1S/C45H30N2/c1-3-14-31(15-4-1)34-16-13-17-35(30-34)44-39-22-9-7-20-37(39)43(38-21-8-10-23-40(38)44)32-26-28-33(29-27-32)45-46-41-24-11-12-25-42(41)47(45)36-18-5-2-6-19-36/h1-30H/i2D,5D,6D,7D,8D,9D,10D,18D,19D,20D,21D,22D,23D. The number of nitrogens with zero attached hydrogens (tertiary/aromatic N) is 2. The molecule has 0 unspecified atom stereocenters. The number of para-hydroxylation sites is 3. The van der Waals surface area contributed by atoms with Gasteiger partial charge in [0.05, 0.1) is 28.9 Å². The fourth-order valence-corrected chi connectivity index (χ4v) is 6.27. The molecule has 0 aliphatic heterocycles. The van der Waals surface area contributed by atoms with Crippen molar-refractivity contribution in [2.24, 2.45) is 0 Å². The van der Waals surface area contributed by atoms with Crippen molar-refractivity contribution >= 4 is 32.6 Å². The second-order valence-corrected chi connectivity index (χ2v) is 11.0. The van der Waals surface area contributed by atoms with E-state index < -0.39 is 54.4 Å². The van der Waals surface area contributed by atoms with Gasteiger partial charge < -0.3 is 0 Å². The van der Waals surface area contributed by atoms with Gasteiger partial charge in [0.15, 0.2) is 0 Å². The Kier molecular flexibility index (Phi) is 4.05. The van der Waals surface area contributed by atoms with Crippen LogP contribution in [0.4, 0.5) is 0 Å². The fourth-order valence-electron chi connectivity index (χ4n) is 6.27. The molecule has 0 radical (unpaired) electrons. The van der Waals surface area contributed by atoms with Crippen LogP contribution in [0.15, 0.2) is 182 Å². The monoisotopic (exact) mass is 611 g/mol. The third-order valence-electron chi connectivity index (χ3n) is 8.34. The van der Waals surface area contributed by atoms with Crippen LogP contribution in [0.1, 0.15) is 17.8 Å². The number of aromatic nitrogens is 2. The molecular weight excluding hydrogens is 569 g/mol. The molecule has 0 aliphatic rings. The molecule has 1 aromatic heterocycles. The van der Waals surface area contributed by atoms with E-state index in [9.17, 15) is 5.48 Å². The van der Waals surface area contributed by atoms with Crippen LogP contribution < -0.4 is 0 Å². The number of imidazole rings is 1. The van der Waals surface area contributed by atoms with E-state index in [1.807, 2.05) is 42.5 Å². The molecular formula is C45H30N2. The summed E-state index contributed by atoms with van der Waals surface area (Å²) in [6.07, 6.45) is 0. The van der Waals surface area contributed by atoms with Crippen LogP contribution in [0.5, 0.6) is 0 Å². The molecule has 0 spiro atoms. The highest BCUT2D eigenvalue weighted by molar-refractivity contribution is 6.21. The lowest BCUT2D eigenvalue weighted by atomic mass is 9.85. The van der Waals surface area contributed by atoms with Crippen molar-refractivity contribution in [3.63, 3.8) is 0 Å². The van der Waals surface area contributed by atoms with Gasteiger partial charge in [0.25, 0.3) is 0 Å². The van der Waals surface area contributed by atoms with Gasteiger partial charge in [-0.25, -0.2) is 4.98 Å². The summed E-state index contributed by atoms with van der Waals surface area (Å²) in [7, 11) is 0. The maximum Gasteiger partial charge on any atom is 0.145 e. The first kappa shape index (κ1) is 16.9. The Balaban J connectivity index is 1.37. The minimum atomic E-state index is -0.533. The predicted molar refractivity (Wildman–Crippen MR) is 198 cm³/mol. The van der Waals surface area contributed by atoms with Gasteiger partial charge in [0.2, 0.25) is 0 Å². The lowest BCUT2D eigenvalue weighted by Gasteiger charge is -2.18. The molecule has 8 aromatic carbocycles. The molecule has 47 heavy (non-hydrogen) atoms. The van der Waals surface area contributed by atoms with Crippen molar-refractivity contribution in [3.05, 3.63) is 182 Å². The Hall–Kier alpha value is -6.25. The summed E-state index contributed by atoms with van der Waals surface area (Å²) in [5, 5.41) is 0.312. The van der Waals surface area contributed by atoms with E-state index in [0.29, 0.717) is 27.7 Å². The van der Waals surface area contributed by atoms with Crippen molar-refractivity contribution in [2.75, 3.05) is 0 Å². The molecule has 9 rings (SSSR count). The normalized spacial score (nSPS) is 15.3. The molecule has 0 saturated heterocycles. The Morgan fingerprint density at radius 3 is 1.64 bits per heavy atom. The van der Waals surface area contributed by atoms with E-state index in [2.05, 4.69) is 0 Å². The molecule has 0 bridgehead atoms. The summed E-state index contributed by atoms with van der Waals surface area (Å²) in [5.41, 5.74) is 4.33. The van der Waals surface area contributed by atoms with Gasteiger partial charge in [0, 0.05) is 11.3 Å². The van der Waals surface area contributed by atoms with E-state index >= 15 is 0 Å². The van der Waals surface area contributed by atoms with Crippen molar-refractivity contribution < 1.29 is 17.8 Å². The van der Waals surface area contributed by atoms with Crippen LogP contribution in [0, 0.1) is 0 Å². The first-order chi connectivity index (χ1) is 28.7. The first-order valence-electron chi connectivity index (χ1n) is 21.5. The predicted octanol–water partition coefficient (Wildman–Crippen LogP) is 12.0. The molecule has 0 amide bonds. The molecule has 2 heteroatoms. The fraction of sp³-hybridized carbons (Fsp3) is 0. The van der Waals surface area contributed by atoms with Gasteiger partial charge in [-0.2, -0.15) is 0 Å². The maximum atomic E-state index is 9.32. The lowest BCUT2D eigenvalue weighted by Crippen LogP contribution is -1.97. The maximum absolute atomic E-state index is 9.32. The van der Waals surface area contributed by atoms with E-state index in [4.69, 9.17) is 17.3 Å². The summed E-state index contributed by atoms with van der Waals surface area (Å²) in [6.45, 7) is 0. The van der Waals surface area contributed by atoms with E-state index in [1.54, 1.807) is 60.7 Å². The SMILES string of the molecule is [2H]c1c([2H])c([2H])c(-n2c(-c3ccc(-c4c5c([2H])c([2H])c([2H])c([2H])c5c(-c5cccc(-c6ccccc6)c5)c5c([2H])c([2H])c([2H])c([2H])c45)cc3)nc3ccccc32)c([2H])c1[2H]. The lowest BCUT2D eigenvalue weighted by molar-refractivity contribution is 1.10. The Labute approximate surface area is 292 Å². The van der Waals surface area contributed by atoms with Crippen LogP contribution in [-0.2, 0) is 0 Å². The highest BCUT2D eigenvalue weighted by atomic mass is 15.1. The van der Waals surface area contributed by atoms with E-state index in [1.165, 1.54) is 4.57 Å². The quantitative estimate of drug-likeness (QED) is 0.177. The number of hydrogen-bond donors (Lipinski definition) is 0. The minimum absolute atomic E-state index is 0.0674. The van der Waals surface area contributed by atoms with Crippen molar-refractivity contribution in [1.29, 1.82) is 0 Å². The zero-order chi connectivity index (χ0) is 42.5. The summed E-state index contributed by atoms with van der Waals surface area (Å²) < 4.78 is 116. The highest BCUT2D eigenvalue weighted by Gasteiger charge is 2.18. The molecule has 1 heterocycles. The first-order valence-corrected chi connectivity index (χ1v) is 15.0. The largest absolute Gasteiger partial charge is 0.292 e. The topological polar surface area (TPSA) is 17.8 Å². The Morgan fingerprint density at radius 1 is 0.426 bits per heavy atom. The number of rotatable bonds is 5. The van der Waals surface area contributed by atoms with Gasteiger partial charge in [-0.15, -0.1) is 0 Å². The zero-order valence-corrected chi connectivity index (χ0v) is 24.7. The molecule has 220 valence electrons. The summed E-state index contributed by atoms with van der Waals surface area (Å²) in [4.78, 5) is 4.82. The van der Waals surface area contributed by atoms with Crippen LogP contribution in [0.2, 0.25) is 0 Å². The smallest absolute Gasteiger partial charge is 0.145 e. The average Bonchev–Trinajstić information content (AvgIpc) is 3.66.